The van der Waals surface area contributed by atoms with Gasteiger partial charge in [-0.05, 0) is 110 Å². The van der Waals surface area contributed by atoms with Gasteiger partial charge in [0.2, 0.25) is 0 Å². The molecule has 3 saturated carbocycles. The predicted molar refractivity (Wildman–Crippen MR) is 155 cm³/mol. The second-order valence-electron chi connectivity index (χ2n) is 15.3. The smallest absolute Gasteiger partial charge is 0.0907 e. The molecule has 0 aromatic rings. The largest absolute Gasteiger partial charge is 0.262 e. The molecule has 0 saturated heterocycles. The fourth-order valence-electron chi connectivity index (χ4n) is 9.59. The van der Waals surface area contributed by atoms with Crippen LogP contribution in [0, 0.1) is 71.0 Å². The van der Waals surface area contributed by atoms with Gasteiger partial charge in [0.15, 0.2) is 0 Å². The van der Waals surface area contributed by atoms with Gasteiger partial charge in [-0.15, -0.1) is 0 Å². The van der Waals surface area contributed by atoms with E-state index < -0.39 is 14.1 Å². The van der Waals surface area contributed by atoms with Crippen LogP contribution in [-0.4, -0.2) is 14.1 Å². The van der Waals surface area contributed by atoms with Crippen LogP contribution in [0.3, 0.4) is 0 Å². The van der Waals surface area contributed by atoms with Gasteiger partial charge in [-0.25, -0.2) is 0 Å². The van der Waals surface area contributed by atoms with Gasteiger partial charge in [-0.2, -0.15) is 0 Å². The summed E-state index contributed by atoms with van der Waals surface area (Å²) in [7, 11) is 0. The molecule has 0 radical (unpaired) electrons. The zero-order chi connectivity index (χ0) is 25.0. The Morgan fingerprint density at radius 2 is 0.735 bits per heavy atom. The van der Waals surface area contributed by atoms with Gasteiger partial charge >= 0.3 is 0 Å². The second-order valence-corrected chi connectivity index (χ2v) is 18.5. The van der Waals surface area contributed by atoms with Gasteiger partial charge in [-0.1, -0.05) is 97.4 Å². The lowest BCUT2D eigenvalue weighted by Crippen LogP contribution is -2.37. The molecule has 9 atom stereocenters. The Morgan fingerprint density at radius 1 is 0.471 bits per heavy atom. The maximum Gasteiger partial charge on any atom is 0.262 e. The van der Waals surface area contributed by atoms with Gasteiger partial charge in [0.25, 0.3) is 14.1 Å². The quantitative estimate of drug-likeness (QED) is 0.284. The van der Waals surface area contributed by atoms with Crippen LogP contribution in [0.5, 0.6) is 0 Å². The highest BCUT2D eigenvalue weighted by molar-refractivity contribution is 6.59. The summed E-state index contributed by atoms with van der Waals surface area (Å²) in [5.74, 6) is 11.8. The number of rotatable bonds is 9. The van der Waals surface area contributed by atoms with Gasteiger partial charge < -0.3 is 0 Å². The second kappa shape index (κ2) is 13.4. The molecule has 0 aliphatic heterocycles. The van der Waals surface area contributed by atoms with Crippen LogP contribution in [0.2, 0.25) is 15.8 Å². The van der Waals surface area contributed by atoms with E-state index >= 15 is 0 Å². The highest BCUT2D eigenvalue weighted by Gasteiger charge is 2.40. The normalized spacial score (nSPS) is 39.7. The molecule has 0 heterocycles. The van der Waals surface area contributed by atoms with Crippen molar-refractivity contribution >= 4 is 14.1 Å². The van der Waals surface area contributed by atoms with Gasteiger partial charge in [0, 0.05) is 0 Å². The summed E-state index contributed by atoms with van der Waals surface area (Å²) in [4.78, 5) is 0. The van der Waals surface area contributed by atoms with Crippen LogP contribution in [0.25, 0.3) is 0 Å². The Balaban J connectivity index is 1.81. The van der Waals surface area contributed by atoms with Gasteiger partial charge in [0.05, 0.1) is 0 Å². The first-order chi connectivity index (χ1) is 16.0. The van der Waals surface area contributed by atoms with Crippen molar-refractivity contribution in [2.75, 3.05) is 0 Å². The van der Waals surface area contributed by atoms with Crippen LogP contribution < -0.4 is 0 Å². The first-order valence-corrected chi connectivity index (χ1v) is 18.5. The highest BCUT2D eigenvalue weighted by atomic mass is 27.2. The van der Waals surface area contributed by atoms with Crippen LogP contribution in [0.4, 0.5) is 0 Å². The molecule has 0 amide bonds. The van der Waals surface area contributed by atoms with E-state index in [1.165, 1.54) is 38.5 Å². The SMILES string of the molecule is CC(C)[C@@H]1CC[C@@H](C)C[C@@H]1[CH2][Al]([CH2][C@H]1C[C@H](C)CC[C@H]1C(C)C)[CH2][C@H]1C[C@H](C)CC[C@H]1C(C)C. The fraction of sp³-hybridized carbons (Fsp3) is 1.00. The summed E-state index contributed by atoms with van der Waals surface area (Å²) in [5.41, 5.74) is 0. The third-order valence-corrected chi connectivity index (χ3v) is 15.2. The summed E-state index contributed by atoms with van der Waals surface area (Å²) in [6, 6.07) is 0. The van der Waals surface area contributed by atoms with E-state index in [0.29, 0.717) is 0 Å². The summed E-state index contributed by atoms with van der Waals surface area (Å²) in [6.45, 7) is 22.9. The molecule has 0 bridgehead atoms. The first-order valence-electron chi connectivity index (χ1n) is 16.0. The van der Waals surface area contributed by atoms with Crippen molar-refractivity contribution in [3.8, 4) is 0 Å². The van der Waals surface area contributed by atoms with Crippen molar-refractivity contribution in [1.82, 2.24) is 0 Å². The third kappa shape index (κ3) is 8.01. The minimum Gasteiger partial charge on any atom is -0.0907 e. The fourth-order valence-corrected chi connectivity index (χ4v) is 14.4. The molecule has 0 aromatic carbocycles. The van der Waals surface area contributed by atoms with E-state index in [0.717, 1.165) is 71.0 Å². The molecule has 0 aromatic heterocycles. The van der Waals surface area contributed by atoms with Crippen LogP contribution >= 0.6 is 0 Å². The summed E-state index contributed by atoms with van der Waals surface area (Å²) in [5, 5.41) is 5.08. The molecule has 3 fully saturated rings. The molecule has 1 heteroatoms. The van der Waals surface area contributed by atoms with Crippen LogP contribution in [0.15, 0.2) is 0 Å². The number of hydrogen-bond donors (Lipinski definition) is 0. The van der Waals surface area contributed by atoms with Crippen molar-refractivity contribution in [2.45, 2.75) is 136 Å². The molecule has 3 aliphatic carbocycles. The lowest BCUT2D eigenvalue weighted by molar-refractivity contribution is 0.144. The lowest BCUT2D eigenvalue weighted by atomic mass is 9.70. The average Bonchev–Trinajstić information content (AvgIpc) is 2.73. The maximum atomic E-state index is 2.56. The van der Waals surface area contributed by atoms with E-state index in [2.05, 4.69) is 62.3 Å². The topological polar surface area (TPSA) is 0 Å². The van der Waals surface area contributed by atoms with E-state index in [4.69, 9.17) is 0 Å². The standard InChI is InChI=1S/3C11H21.Al/c3*1-8(2)11-6-5-9(3)7-10(11)4;/h3*8-11H,4-7H2,1-3H3;/t3*9-,10+,11+;/m111./s1. The Hall–Kier alpha value is 0.532. The average molecular weight is 487 g/mol. The Kier molecular flexibility index (Phi) is 11.4. The molecule has 198 valence electrons. The highest BCUT2D eigenvalue weighted by Crippen LogP contribution is 2.47. The summed E-state index contributed by atoms with van der Waals surface area (Å²) >= 11 is -0.774. The van der Waals surface area contributed by atoms with E-state index in [1.807, 2.05) is 0 Å². The molecule has 0 spiro atoms. The Morgan fingerprint density at radius 3 is 0.971 bits per heavy atom. The van der Waals surface area contributed by atoms with E-state index in [-0.39, 0.29) is 0 Å². The van der Waals surface area contributed by atoms with Crippen molar-refractivity contribution in [3.05, 3.63) is 0 Å². The summed E-state index contributed by atoms with van der Waals surface area (Å²) < 4.78 is 0. The third-order valence-electron chi connectivity index (χ3n) is 11.4. The van der Waals surface area contributed by atoms with Gasteiger partial charge in [-0.3, -0.25) is 0 Å². The molecular weight excluding hydrogens is 423 g/mol. The van der Waals surface area contributed by atoms with E-state index in [1.54, 1.807) is 35.1 Å². The maximum absolute atomic E-state index is 2.56. The minimum atomic E-state index is -0.774. The molecular formula is C33H63Al. The molecule has 0 unspecified atom stereocenters. The summed E-state index contributed by atoms with van der Waals surface area (Å²) in [6.07, 6.45) is 13.7. The molecule has 34 heavy (non-hydrogen) atoms. The first kappa shape index (κ1) is 29.1. The minimum absolute atomic E-state index is 0.774. The number of hydrogen-bond acceptors (Lipinski definition) is 0. The zero-order valence-corrected chi connectivity index (χ0v) is 26.1. The van der Waals surface area contributed by atoms with Crippen LogP contribution in [0.1, 0.15) is 120 Å². The van der Waals surface area contributed by atoms with Crippen molar-refractivity contribution in [2.24, 2.45) is 71.0 Å². The van der Waals surface area contributed by atoms with Crippen molar-refractivity contribution < 1.29 is 0 Å². The molecule has 0 nitrogen and oxygen atoms in total. The van der Waals surface area contributed by atoms with Crippen molar-refractivity contribution in [3.63, 3.8) is 0 Å². The van der Waals surface area contributed by atoms with E-state index in [9.17, 15) is 0 Å². The van der Waals surface area contributed by atoms with Crippen molar-refractivity contribution in [1.29, 1.82) is 0 Å². The molecule has 3 aliphatic rings. The lowest BCUT2D eigenvalue weighted by Gasteiger charge is -2.43. The molecule has 0 N–H and O–H groups in total. The Bertz CT molecular complexity index is 498. The van der Waals surface area contributed by atoms with Gasteiger partial charge in [0.1, 0.15) is 0 Å². The Labute approximate surface area is 220 Å². The van der Waals surface area contributed by atoms with Crippen LogP contribution in [-0.2, 0) is 0 Å². The zero-order valence-electron chi connectivity index (χ0n) is 25.0. The molecule has 3 rings (SSSR count). The monoisotopic (exact) mass is 486 g/mol. The predicted octanol–water partition coefficient (Wildman–Crippen LogP) is 10.6.